The van der Waals surface area contributed by atoms with E-state index >= 15 is 0 Å². The van der Waals surface area contributed by atoms with Crippen LogP contribution in [-0.4, -0.2) is 33.0 Å². The first kappa shape index (κ1) is 13.6. The number of ether oxygens (including phenoxy) is 3. The Kier molecular flexibility index (Phi) is 4.96. The van der Waals surface area contributed by atoms with Gasteiger partial charge in [0.2, 0.25) is 5.57 Å². The number of methoxy groups -OCH3 is 2. The van der Waals surface area contributed by atoms with Crippen LogP contribution in [0.2, 0.25) is 0 Å². The molecule has 0 N–H and O–H groups in total. The monoisotopic (exact) mass is 228 g/mol. The molecule has 0 saturated carbocycles. The van der Waals surface area contributed by atoms with E-state index in [1.807, 2.05) is 0 Å². The fourth-order valence-electron chi connectivity index (χ4n) is 0.806. The quantitative estimate of drug-likeness (QED) is 0.416. The molecule has 0 aromatic heterocycles. The van der Waals surface area contributed by atoms with E-state index in [0.717, 1.165) is 14.2 Å². The Hall–Kier alpha value is -1.40. The first-order chi connectivity index (χ1) is 6.88. The van der Waals surface area contributed by atoms with E-state index in [0.29, 0.717) is 0 Å². The average Bonchev–Trinajstić information content (AvgIpc) is 2.11. The van der Waals surface area contributed by atoms with Crippen LogP contribution >= 0.6 is 0 Å². The van der Waals surface area contributed by atoms with Crippen LogP contribution in [0.25, 0.3) is 0 Å². The molecule has 0 aromatic carbocycles. The Morgan fingerprint density at radius 1 is 1.20 bits per heavy atom. The molecule has 0 saturated heterocycles. The molecule has 0 atom stereocenters. The molecular weight excluding hydrogens is 217 g/mol. The lowest BCUT2D eigenvalue weighted by Gasteiger charge is -2.13. The molecule has 15 heavy (non-hydrogen) atoms. The number of halogens is 3. The van der Waals surface area contributed by atoms with Gasteiger partial charge in [-0.25, -0.2) is 4.79 Å². The topological polar surface area (TPSA) is 44.8 Å². The molecule has 0 aromatic rings. The zero-order chi connectivity index (χ0) is 12.1. The van der Waals surface area contributed by atoms with Crippen molar-refractivity contribution in [2.24, 2.45) is 0 Å². The molecule has 0 fully saturated rings. The molecule has 0 spiro atoms. The maximum absolute atomic E-state index is 12.4. The van der Waals surface area contributed by atoms with Crippen LogP contribution in [0.4, 0.5) is 13.2 Å². The number of rotatable bonds is 4. The standard InChI is InChI=1S/C8H11F3O4/c1-4-15-6(12)5(8(9,10)11)7(13-2)14-3/h4H2,1-3H3. The van der Waals surface area contributed by atoms with Crippen LogP contribution in [0, 0.1) is 0 Å². The van der Waals surface area contributed by atoms with E-state index in [4.69, 9.17) is 0 Å². The summed E-state index contributed by atoms with van der Waals surface area (Å²) < 4.78 is 50.0. The summed E-state index contributed by atoms with van der Waals surface area (Å²) in [6.07, 6.45) is -4.88. The van der Waals surface area contributed by atoms with Gasteiger partial charge in [0.15, 0.2) is 0 Å². The fraction of sp³-hybridized carbons (Fsp3) is 0.625. The third-order valence-electron chi connectivity index (χ3n) is 1.34. The second-order valence-corrected chi connectivity index (χ2v) is 2.29. The second-order valence-electron chi connectivity index (χ2n) is 2.29. The van der Waals surface area contributed by atoms with E-state index in [1.165, 1.54) is 6.92 Å². The maximum Gasteiger partial charge on any atom is 0.430 e. The van der Waals surface area contributed by atoms with Crippen molar-refractivity contribution < 1.29 is 32.2 Å². The van der Waals surface area contributed by atoms with Gasteiger partial charge in [0, 0.05) is 0 Å². The Morgan fingerprint density at radius 2 is 1.67 bits per heavy atom. The lowest BCUT2D eigenvalue weighted by atomic mass is 10.3. The summed E-state index contributed by atoms with van der Waals surface area (Å²) in [5, 5.41) is 0. The van der Waals surface area contributed by atoms with Crippen LogP contribution in [-0.2, 0) is 19.0 Å². The summed E-state index contributed by atoms with van der Waals surface area (Å²) in [4.78, 5) is 11.0. The molecule has 0 aliphatic heterocycles. The van der Waals surface area contributed by atoms with E-state index in [1.54, 1.807) is 0 Å². The highest BCUT2D eigenvalue weighted by molar-refractivity contribution is 5.90. The Balaban J connectivity index is 5.23. The lowest BCUT2D eigenvalue weighted by Crippen LogP contribution is -2.25. The molecule has 7 heteroatoms. The first-order valence-electron chi connectivity index (χ1n) is 3.95. The predicted octanol–water partition coefficient (Wildman–Crippen LogP) is 1.62. The number of hydrogen-bond donors (Lipinski definition) is 0. The van der Waals surface area contributed by atoms with Gasteiger partial charge in [0.25, 0.3) is 5.95 Å². The molecular formula is C8H11F3O4. The van der Waals surface area contributed by atoms with Gasteiger partial charge in [-0.15, -0.1) is 0 Å². The van der Waals surface area contributed by atoms with Crippen molar-refractivity contribution in [2.75, 3.05) is 20.8 Å². The summed E-state index contributed by atoms with van der Waals surface area (Å²) >= 11 is 0. The van der Waals surface area contributed by atoms with E-state index < -0.39 is 23.7 Å². The Labute approximate surface area is 84.6 Å². The minimum atomic E-state index is -4.88. The summed E-state index contributed by atoms with van der Waals surface area (Å²) in [7, 11) is 1.92. The summed E-state index contributed by atoms with van der Waals surface area (Å²) in [6.45, 7) is 1.23. The third kappa shape index (κ3) is 3.69. The number of carbonyl (C=O) groups excluding carboxylic acids is 1. The van der Waals surface area contributed by atoms with Crippen molar-refractivity contribution in [3.05, 3.63) is 11.5 Å². The van der Waals surface area contributed by atoms with Gasteiger partial charge in [-0.1, -0.05) is 0 Å². The lowest BCUT2D eigenvalue weighted by molar-refractivity contribution is -0.153. The minimum absolute atomic E-state index is 0.168. The van der Waals surface area contributed by atoms with Gasteiger partial charge in [0.05, 0.1) is 20.8 Å². The molecule has 0 aliphatic rings. The fourth-order valence-corrected chi connectivity index (χ4v) is 0.806. The summed E-state index contributed by atoms with van der Waals surface area (Å²) in [5.41, 5.74) is -1.59. The smallest absolute Gasteiger partial charge is 0.430 e. The van der Waals surface area contributed by atoms with Gasteiger partial charge < -0.3 is 14.2 Å². The highest BCUT2D eigenvalue weighted by Gasteiger charge is 2.44. The Bertz CT molecular complexity index is 251. The van der Waals surface area contributed by atoms with Gasteiger partial charge in [-0.05, 0) is 6.92 Å². The van der Waals surface area contributed by atoms with Crippen molar-refractivity contribution in [3.63, 3.8) is 0 Å². The molecule has 0 rings (SSSR count). The van der Waals surface area contributed by atoms with Crippen molar-refractivity contribution >= 4 is 5.97 Å². The summed E-state index contributed by atoms with van der Waals surface area (Å²) in [5.74, 6) is -2.44. The van der Waals surface area contributed by atoms with E-state index in [-0.39, 0.29) is 6.61 Å². The zero-order valence-corrected chi connectivity index (χ0v) is 8.47. The number of alkyl halides is 3. The molecule has 0 unspecified atom stereocenters. The van der Waals surface area contributed by atoms with Crippen LogP contribution in [0.1, 0.15) is 6.92 Å². The maximum atomic E-state index is 12.4. The van der Waals surface area contributed by atoms with Gasteiger partial charge in [-0.3, -0.25) is 0 Å². The van der Waals surface area contributed by atoms with Gasteiger partial charge >= 0.3 is 12.1 Å². The predicted molar refractivity (Wildman–Crippen MR) is 43.7 cm³/mol. The Morgan fingerprint density at radius 3 is 1.93 bits per heavy atom. The van der Waals surface area contributed by atoms with Gasteiger partial charge in [-0.2, -0.15) is 13.2 Å². The van der Waals surface area contributed by atoms with Crippen molar-refractivity contribution in [1.82, 2.24) is 0 Å². The number of carbonyl (C=O) groups is 1. The molecule has 4 nitrogen and oxygen atoms in total. The van der Waals surface area contributed by atoms with Crippen LogP contribution in [0.15, 0.2) is 11.5 Å². The van der Waals surface area contributed by atoms with Crippen LogP contribution < -0.4 is 0 Å². The number of hydrogen-bond acceptors (Lipinski definition) is 4. The van der Waals surface area contributed by atoms with Gasteiger partial charge in [0.1, 0.15) is 0 Å². The van der Waals surface area contributed by atoms with Crippen LogP contribution in [0.3, 0.4) is 0 Å². The molecule has 0 radical (unpaired) electrons. The zero-order valence-electron chi connectivity index (χ0n) is 8.47. The number of esters is 1. The third-order valence-corrected chi connectivity index (χ3v) is 1.34. The minimum Gasteiger partial charge on any atom is -0.468 e. The van der Waals surface area contributed by atoms with Crippen LogP contribution in [0.5, 0.6) is 0 Å². The summed E-state index contributed by atoms with van der Waals surface area (Å²) in [6, 6.07) is 0. The van der Waals surface area contributed by atoms with E-state index in [2.05, 4.69) is 14.2 Å². The normalized spacial score (nSPS) is 10.5. The SMILES string of the molecule is CCOC(=O)C(=C(OC)OC)C(F)(F)F. The molecule has 88 valence electrons. The van der Waals surface area contributed by atoms with E-state index in [9.17, 15) is 18.0 Å². The first-order valence-corrected chi connectivity index (χ1v) is 3.95. The molecule has 0 heterocycles. The van der Waals surface area contributed by atoms with Crippen molar-refractivity contribution in [2.45, 2.75) is 13.1 Å². The van der Waals surface area contributed by atoms with Crippen molar-refractivity contribution in [3.8, 4) is 0 Å². The second kappa shape index (κ2) is 5.47. The highest BCUT2D eigenvalue weighted by Crippen LogP contribution is 2.29. The highest BCUT2D eigenvalue weighted by atomic mass is 19.4. The molecule has 0 bridgehead atoms. The molecule has 0 amide bonds. The average molecular weight is 228 g/mol. The van der Waals surface area contributed by atoms with Crippen molar-refractivity contribution in [1.29, 1.82) is 0 Å². The molecule has 0 aliphatic carbocycles. The largest absolute Gasteiger partial charge is 0.468 e.